The lowest BCUT2D eigenvalue weighted by Crippen LogP contribution is -2.05. The predicted molar refractivity (Wildman–Crippen MR) is 53.4 cm³/mol. The van der Waals surface area contributed by atoms with E-state index >= 15 is 0 Å². The maximum Gasteiger partial charge on any atom is 0.124 e. The van der Waals surface area contributed by atoms with Crippen molar-refractivity contribution in [3.05, 3.63) is 46.5 Å². The molecule has 1 aromatic carbocycles. The van der Waals surface area contributed by atoms with Gasteiger partial charge in [0.1, 0.15) is 5.82 Å². The van der Waals surface area contributed by atoms with Crippen molar-refractivity contribution in [1.29, 1.82) is 0 Å². The fraction of sp³-hybridized carbons (Fsp3) is 0.200. The Morgan fingerprint density at radius 3 is 2.64 bits per heavy atom. The maximum absolute atomic E-state index is 12.9. The molecule has 0 aliphatic rings. The SMILES string of the molecule is NC/C(=C/F)Cc1cc(F)cc(Cl)c1. The van der Waals surface area contributed by atoms with Crippen LogP contribution in [0.2, 0.25) is 5.02 Å². The molecule has 0 bridgehead atoms. The maximum atomic E-state index is 12.9. The molecule has 14 heavy (non-hydrogen) atoms. The summed E-state index contributed by atoms with van der Waals surface area (Å²) in [5.41, 5.74) is 6.30. The number of nitrogens with two attached hydrogens (primary N) is 1. The summed E-state index contributed by atoms with van der Waals surface area (Å²) in [5, 5.41) is 0.301. The average Bonchev–Trinajstić information content (AvgIpc) is 2.12. The molecule has 76 valence electrons. The molecule has 0 atom stereocenters. The van der Waals surface area contributed by atoms with Crippen molar-refractivity contribution in [2.24, 2.45) is 5.73 Å². The number of hydrogen-bond donors (Lipinski definition) is 1. The zero-order valence-corrected chi connectivity index (χ0v) is 8.19. The molecule has 0 aliphatic heterocycles. The first kappa shape index (κ1) is 11.1. The minimum Gasteiger partial charge on any atom is -0.327 e. The first-order valence-electron chi connectivity index (χ1n) is 4.09. The molecule has 0 aromatic heterocycles. The normalized spacial score (nSPS) is 11.9. The first-order chi connectivity index (χ1) is 6.65. The van der Waals surface area contributed by atoms with Gasteiger partial charge < -0.3 is 5.73 Å². The standard InChI is InChI=1S/C10H10ClF2N/c11-9-2-7(3-10(13)4-9)1-8(5-12)6-14/h2-5H,1,6,14H2/b8-5+. The molecule has 0 heterocycles. The molecule has 0 fully saturated rings. The topological polar surface area (TPSA) is 26.0 Å². The van der Waals surface area contributed by atoms with Crippen LogP contribution in [0.3, 0.4) is 0 Å². The van der Waals surface area contributed by atoms with Crippen LogP contribution >= 0.6 is 11.6 Å². The summed E-state index contributed by atoms with van der Waals surface area (Å²) >= 11 is 5.64. The molecular weight excluding hydrogens is 208 g/mol. The molecule has 0 amide bonds. The van der Waals surface area contributed by atoms with Crippen molar-refractivity contribution >= 4 is 11.6 Å². The van der Waals surface area contributed by atoms with E-state index in [4.69, 9.17) is 17.3 Å². The molecule has 0 saturated heterocycles. The molecule has 0 aliphatic carbocycles. The van der Waals surface area contributed by atoms with Crippen LogP contribution in [0.5, 0.6) is 0 Å². The second kappa shape index (κ2) is 5.08. The summed E-state index contributed by atoms with van der Waals surface area (Å²) < 4.78 is 25.0. The van der Waals surface area contributed by atoms with Gasteiger partial charge in [-0.15, -0.1) is 0 Å². The van der Waals surface area contributed by atoms with Gasteiger partial charge in [-0.3, -0.25) is 0 Å². The Morgan fingerprint density at radius 2 is 2.14 bits per heavy atom. The lowest BCUT2D eigenvalue weighted by molar-refractivity contribution is 0.625. The highest BCUT2D eigenvalue weighted by molar-refractivity contribution is 6.30. The second-order valence-electron chi connectivity index (χ2n) is 2.93. The number of halogens is 3. The van der Waals surface area contributed by atoms with Crippen LogP contribution in [0.1, 0.15) is 5.56 Å². The molecule has 0 radical (unpaired) electrons. The van der Waals surface area contributed by atoms with Crippen molar-refractivity contribution in [3.63, 3.8) is 0 Å². The molecule has 1 aromatic rings. The number of rotatable bonds is 3. The Morgan fingerprint density at radius 1 is 1.43 bits per heavy atom. The number of hydrogen-bond acceptors (Lipinski definition) is 1. The highest BCUT2D eigenvalue weighted by atomic mass is 35.5. The van der Waals surface area contributed by atoms with Crippen LogP contribution in [0.4, 0.5) is 8.78 Å². The van der Waals surface area contributed by atoms with E-state index in [1.165, 1.54) is 12.1 Å². The van der Waals surface area contributed by atoms with Gasteiger partial charge in [0.05, 0.1) is 6.33 Å². The van der Waals surface area contributed by atoms with E-state index in [0.717, 1.165) is 0 Å². The van der Waals surface area contributed by atoms with Crippen molar-refractivity contribution in [1.82, 2.24) is 0 Å². The van der Waals surface area contributed by atoms with E-state index in [-0.39, 0.29) is 13.0 Å². The monoisotopic (exact) mass is 217 g/mol. The third kappa shape index (κ3) is 3.09. The summed E-state index contributed by atoms with van der Waals surface area (Å²) in [6.07, 6.45) is 0.725. The summed E-state index contributed by atoms with van der Waals surface area (Å²) in [7, 11) is 0. The molecule has 4 heteroatoms. The van der Waals surface area contributed by atoms with Gasteiger partial charge >= 0.3 is 0 Å². The van der Waals surface area contributed by atoms with E-state index in [9.17, 15) is 8.78 Å². The van der Waals surface area contributed by atoms with Gasteiger partial charge in [0, 0.05) is 11.6 Å². The van der Waals surface area contributed by atoms with E-state index in [0.29, 0.717) is 22.5 Å². The Hall–Kier alpha value is -0.930. The Labute approximate surface area is 86.2 Å². The van der Waals surface area contributed by atoms with Crippen molar-refractivity contribution < 1.29 is 8.78 Å². The number of benzene rings is 1. The molecular formula is C10H10ClF2N. The third-order valence-corrected chi connectivity index (χ3v) is 1.99. The second-order valence-corrected chi connectivity index (χ2v) is 3.36. The highest BCUT2D eigenvalue weighted by Gasteiger charge is 2.02. The molecule has 1 rings (SSSR count). The van der Waals surface area contributed by atoms with E-state index in [1.807, 2.05) is 0 Å². The lowest BCUT2D eigenvalue weighted by Gasteiger charge is -2.03. The summed E-state index contributed by atoms with van der Waals surface area (Å²) in [4.78, 5) is 0. The fourth-order valence-electron chi connectivity index (χ4n) is 1.13. The summed E-state index contributed by atoms with van der Waals surface area (Å²) in [6.45, 7) is 0.116. The van der Waals surface area contributed by atoms with Gasteiger partial charge in [-0.1, -0.05) is 11.6 Å². The molecule has 0 saturated carbocycles. The van der Waals surface area contributed by atoms with E-state index in [2.05, 4.69) is 0 Å². The summed E-state index contributed by atoms with van der Waals surface area (Å²) in [6, 6.07) is 4.10. The van der Waals surface area contributed by atoms with Crippen molar-refractivity contribution in [2.75, 3.05) is 6.54 Å². The zero-order valence-electron chi connectivity index (χ0n) is 7.43. The van der Waals surface area contributed by atoms with Gasteiger partial charge in [0.2, 0.25) is 0 Å². The van der Waals surface area contributed by atoms with Gasteiger partial charge in [-0.25, -0.2) is 8.78 Å². The Bertz CT molecular complexity index is 330. The lowest BCUT2D eigenvalue weighted by atomic mass is 10.1. The van der Waals surface area contributed by atoms with Gasteiger partial charge in [0.25, 0.3) is 0 Å². The van der Waals surface area contributed by atoms with E-state index < -0.39 is 5.82 Å². The predicted octanol–water partition coefficient (Wildman–Crippen LogP) is 2.83. The van der Waals surface area contributed by atoms with Crippen LogP contribution < -0.4 is 5.73 Å². The van der Waals surface area contributed by atoms with Gasteiger partial charge in [-0.2, -0.15) is 0 Å². The Balaban J connectivity index is 2.86. The molecule has 0 spiro atoms. The smallest absolute Gasteiger partial charge is 0.124 e. The Kier molecular flexibility index (Phi) is 4.04. The largest absolute Gasteiger partial charge is 0.327 e. The van der Waals surface area contributed by atoms with Crippen molar-refractivity contribution in [2.45, 2.75) is 6.42 Å². The minimum absolute atomic E-state index is 0.116. The fourth-order valence-corrected chi connectivity index (χ4v) is 1.37. The van der Waals surface area contributed by atoms with Crippen molar-refractivity contribution in [3.8, 4) is 0 Å². The molecule has 1 nitrogen and oxygen atoms in total. The highest BCUT2D eigenvalue weighted by Crippen LogP contribution is 2.16. The van der Waals surface area contributed by atoms with Crippen LogP contribution in [-0.4, -0.2) is 6.54 Å². The zero-order chi connectivity index (χ0) is 10.6. The van der Waals surface area contributed by atoms with E-state index in [1.54, 1.807) is 6.07 Å². The molecule has 2 N–H and O–H groups in total. The first-order valence-corrected chi connectivity index (χ1v) is 4.46. The molecule has 0 unspecified atom stereocenters. The van der Waals surface area contributed by atoms with Crippen LogP contribution in [0, 0.1) is 5.82 Å². The van der Waals surface area contributed by atoms with Crippen LogP contribution in [0.15, 0.2) is 30.1 Å². The van der Waals surface area contributed by atoms with Crippen LogP contribution in [-0.2, 0) is 6.42 Å². The quantitative estimate of drug-likeness (QED) is 0.828. The minimum atomic E-state index is -0.428. The van der Waals surface area contributed by atoms with Crippen LogP contribution in [0.25, 0.3) is 0 Å². The third-order valence-electron chi connectivity index (χ3n) is 1.77. The summed E-state index contributed by atoms with van der Waals surface area (Å²) in [5.74, 6) is -0.428. The average molecular weight is 218 g/mol. The van der Waals surface area contributed by atoms with Gasteiger partial charge in [0.15, 0.2) is 0 Å². The van der Waals surface area contributed by atoms with Gasteiger partial charge in [-0.05, 0) is 35.8 Å².